The monoisotopic (exact) mass is 204 g/mol. The van der Waals surface area contributed by atoms with E-state index in [1.54, 1.807) is 6.92 Å². The number of carbonyl (C=O) groups is 1. The van der Waals surface area contributed by atoms with Crippen molar-refractivity contribution in [3.8, 4) is 0 Å². The van der Waals surface area contributed by atoms with Crippen LogP contribution in [0.4, 0.5) is 0 Å². The van der Waals surface area contributed by atoms with Crippen LogP contribution in [0.1, 0.15) is 20.3 Å². The van der Waals surface area contributed by atoms with E-state index in [1.165, 1.54) is 0 Å². The standard InChI is InChI=1S/C9H20N2O3/c1-3-9(5-12,6-13)11-4-7(2)8(10)14/h7,11-13H,3-6H2,1-2H3,(H2,10,14). The van der Waals surface area contributed by atoms with E-state index in [4.69, 9.17) is 15.9 Å². The molecule has 0 saturated carbocycles. The summed E-state index contributed by atoms with van der Waals surface area (Å²) in [6, 6.07) is 0. The quantitative estimate of drug-likeness (QED) is 0.420. The number of aliphatic hydroxyl groups is 2. The molecule has 5 heteroatoms. The van der Waals surface area contributed by atoms with Crippen molar-refractivity contribution in [3.05, 3.63) is 0 Å². The summed E-state index contributed by atoms with van der Waals surface area (Å²) in [5, 5.41) is 21.1. The Hall–Kier alpha value is -0.650. The van der Waals surface area contributed by atoms with Gasteiger partial charge >= 0.3 is 0 Å². The van der Waals surface area contributed by atoms with Gasteiger partial charge in [0.25, 0.3) is 0 Å². The van der Waals surface area contributed by atoms with Crippen molar-refractivity contribution < 1.29 is 15.0 Å². The molecule has 0 fully saturated rings. The molecule has 14 heavy (non-hydrogen) atoms. The van der Waals surface area contributed by atoms with Gasteiger partial charge in [0.1, 0.15) is 0 Å². The van der Waals surface area contributed by atoms with Crippen LogP contribution in [0.25, 0.3) is 0 Å². The zero-order chi connectivity index (χ0) is 11.2. The molecule has 1 unspecified atom stereocenters. The highest BCUT2D eigenvalue weighted by molar-refractivity contribution is 5.76. The first-order valence-corrected chi connectivity index (χ1v) is 4.77. The number of carbonyl (C=O) groups excluding carboxylic acids is 1. The van der Waals surface area contributed by atoms with Crippen molar-refractivity contribution in [2.24, 2.45) is 11.7 Å². The Morgan fingerprint density at radius 2 is 2.00 bits per heavy atom. The number of hydrogen-bond acceptors (Lipinski definition) is 4. The Morgan fingerprint density at radius 1 is 1.50 bits per heavy atom. The van der Waals surface area contributed by atoms with E-state index < -0.39 is 11.4 Å². The molecule has 0 aliphatic rings. The van der Waals surface area contributed by atoms with E-state index in [1.807, 2.05) is 6.92 Å². The lowest BCUT2D eigenvalue weighted by atomic mass is 9.97. The van der Waals surface area contributed by atoms with Gasteiger partial charge in [-0.1, -0.05) is 13.8 Å². The van der Waals surface area contributed by atoms with Gasteiger partial charge in [-0.2, -0.15) is 0 Å². The molecule has 0 radical (unpaired) electrons. The zero-order valence-electron chi connectivity index (χ0n) is 8.79. The van der Waals surface area contributed by atoms with E-state index in [0.717, 1.165) is 0 Å². The first-order valence-electron chi connectivity index (χ1n) is 4.77. The maximum atomic E-state index is 10.7. The third kappa shape index (κ3) is 3.61. The molecule has 0 rings (SSSR count). The molecule has 1 atom stereocenters. The van der Waals surface area contributed by atoms with Crippen LogP contribution in [0.5, 0.6) is 0 Å². The molecule has 1 amide bonds. The lowest BCUT2D eigenvalue weighted by molar-refractivity contribution is -0.121. The topological polar surface area (TPSA) is 95.6 Å². The average Bonchev–Trinajstić information content (AvgIpc) is 2.20. The van der Waals surface area contributed by atoms with Gasteiger partial charge in [0, 0.05) is 12.5 Å². The Morgan fingerprint density at radius 3 is 2.29 bits per heavy atom. The van der Waals surface area contributed by atoms with Crippen LogP contribution in [0.3, 0.4) is 0 Å². The third-order valence-corrected chi connectivity index (χ3v) is 2.55. The highest BCUT2D eigenvalue weighted by Crippen LogP contribution is 2.08. The van der Waals surface area contributed by atoms with Crippen molar-refractivity contribution in [1.29, 1.82) is 0 Å². The van der Waals surface area contributed by atoms with Crippen LogP contribution < -0.4 is 11.1 Å². The third-order valence-electron chi connectivity index (χ3n) is 2.55. The fourth-order valence-corrected chi connectivity index (χ4v) is 0.981. The summed E-state index contributed by atoms with van der Waals surface area (Å²) in [6.45, 7) is 3.60. The number of amides is 1. The number of hydrogen-bond donors (Lipinski definition) is 4. The normalized spacial score (nSPS) is 14.0. The minimum absolute atomic E-state index is 0.161. The number of nitrogens with two attached hydrogens (primary N) is 1. The van der Waals surface area contributed by atoms with E-state index in [-0.39, 0.29) is 19.1 Å². The summed E-state index contributed by atoms with van der Waals surface area (Å²) in [5.74, 6) is -0.697. The molecular weight excluding hydrogens is 184 g/mol. The van der Waals surface area contributed by atoms with Gasteiger partial charge in [-0.05, 0) is 6.42 Å². The second kappa shape index (κ2) is 5.95. The molecule has 5 N–H and O–H groups in total. The van der Waals surface area contributed by atoms with Crippen molar-refractivity contribution >= 4 is 5.91 Å². The van der Waals surface area contributed by atoms with Gasteiger partial charge in [0.05, 0.1) is 18.8 Å². The van der Waals surface area contributed by atoms with E-state index in [0.29, 0.717) is 13.0 Å². The highest BCUT2D eigenvalue weighted by atomic mass is 16.3. The Bertz CT molecular complexity index is 173. The molecule has 0 aromatic heterocycles. The molecule has 0 spiro atoms. The van der Waals surface area contributed by atoms with Gasteiger partial charge in [-0.3, -0.25) is 4.79 Å². The largest absolute Gasteiger partial charge is 0.394 e. The van der Waals surface area contributed by atoms with Crippen LogP contribution in [0.15, 0.2) is 0 Å². The second-order valence-corrected chi connectivity index (χ2v) is 3.63. The van der Waals surface area contributed by atoms with Crippen LogP contribution >= 0.6 is 0 Å². The number of aliphatic hydroxyl groups excluding tert-OH is 2. The van der Waals surface area contributed by atoms with E-state index in [2.05, 4.69) is 5.32 Å². The Labute approximate surface area is 84.3 Å². The number of rotatable bonds is 7. The van der Waals surface area contributed by atoms with Crippen molar-refractivity contribution in [2.45, 2.75) is 25.8 Å². The molecule has 84 valence electrons. The summed E-state index contributed by atoms with van der Waals surface area (Å²) >= 11 is 0. The van der Waals surface area contributed by atoms with Gasteiger partial charge in [-0.15, -0.1) is 0 Å². The van der Waals surface area contributed by atoms with Gasteiger partial charge in [-0.25, -0.2) is 0 Å². The summed E-state index contributed by atoms with van der Waals surface area (Å²) in [4.78, 5) is 10.7. The van der Waals surface area contributed by atoms with Crippen LogP contribution in [-0.4, -0.2) is 41.4 Å². The van der Waals surface area contributed by atoms with E-state index >= 15 is 0 Å². The lowest BCUT2D eigenvalue weighted by Gasteiger charge is -2.30. The van der Waals surface area contributed by atoms with Crippen LogP contribution in [0.2, 0.25) is 0 Å². The first kappa shape index (κ1) is 13.4. The second-order valence-electron chi connectivity index (χ2n) is 3.63. The Kier molecular flexibility index (Phi) is 5.68. The van der Waals surface area contributed by atoms with Crippen molar-refractivity contribution in [2.75, 3.05) is 19.8 Å². The predicted octanol–water partition coefficient (Wildman–Crippen LogP) is -1.17. The maximum Gasteiger partial charge on any atom is 0.221 e. The first-order chi connectivity index (χ1) is 6.51. The molecule has 0 aliphatic heterocycles. The van der Waals surface area contributed by atoms with Crippen LogP contribution in [0, 0.1) is 5.92 Å². The van der Waals surface area contributed by atoms with E-state index in [9.17, 15) is 4.79 Å². The molecule has 0 aliphatic carbocycles. The highest BCUT2D eigenvalue weighted by Gasteiger charge is 2.26. The SMILES string of the molecule is CCC(CO)(CO)NCC(C)C(N)=O. The zero-order valence-corrected chi connectivity index (χ0v) is 8.79. The smallest absolute Gasteiger partial charge is 0.221 e. The van der Waals surface area contributed by atoms with Gasteiger partial charge < -0.3 is 21.3 Å². The number of nitrogens with one attached hydrogen (secondary N) is 1. The molecule has 0 aromatic carbocycles. The maximum absolute atomic E-state index is 10.7. The molecule has 0 aromatic rings. The molecular formula is C9H20N2O3. The van der Waals surface area contributed by atoms with Gasteiger partial charge in [0.2, 0.25) is 5.91 Å². The van der Waals surface area contributed by atoms with Crippen molar-refractivity contribution in [3.63, 3.8) is 0 Å². The van der Waals surface area contributed by atoms with Crippen LogP contribution in [-0.2, 0) is 4.79 Å². The van der Waals surface area contributed by atoms with Gasteiger partial charge in [0.15, 0.2) is 0 Å². The van der Waals surface area contributed by atoms with Crippen molar-refractivity contribution in [1.82, 2.24) is 5.32 Å². The fraction of sp³-hybridized carbons (Fsp3) is 0.889. The summed E-state index contributed by atoms with van der Waals surface area (Å²) in [7, 11) is 0. The summed E-state index contributed by atoms with van der Waals surface area (Å²) in [5.41, 5.74) is 4.38. The minimum Gasteiger partial charge on any atom is -0.394 e. The minimum atomic E-state index is -0.705. The lowest BCUT2D eigenvalue weighted by Crippen LogP contribution is -2.53. The Balaban J connectivity index is 4.12. The molecule has 5 nitrogen and oxygen atoms in total. The molecule has 0 bridgehead atoms. The fourth-order valence-electron chi connectivity index (χ4n) is 0.981. The average molecular weight is 204 g/mol. The molecule has 0 heterocycles. The molecule has 0 saturated heterocycles. The predicted molar refractivity (Wildman–Crippen MR) is 53.6 cm³/mol. The summed E-state index contributed by atoms with van der Waals surface area (Å²) in [6.07, 6.45) is 0.589. The summed E-state index contributed by atoms with van der Waals surface area (Å²) < 4.78 is 0. The number of primary amides is 1.